The van der Waals surface area contributed by atoms with E-state index in [0.29, 0.717) is 19.2 Å². The zero-order valence-electron chi connectivity index (χ0n) is 20.5. The molecule has 0 amide bonds. The van der Waals surface area contributed by atoms with Crippen LogP contribution in [0.4, 0.5) is 17.6 Å². The smallest absolute Gasteiger partial charge is 0.304 e. The number of hydrogen-bond donors (Lipinski definition) is 1. The average Bonchev–Trinajstić information content (AvgIpc) is 3.40. The lowest BCUT2D eigenvalue weighted by molar-refractivity contribution is 0.121. The summed E-state index contributed by atoms with van der Waals surface area (Å²) < 4.78 is 12.3. The number of anilines is 3. The molecule has 1 aromatic heterocycles. The quantitative estimate of drug-likeness (QED) is 0.319. The Bertz CT molecular complexity index is 1320. The summed E-state index contributed by atoms with van der Waals surface area (Å²) in [6.07, 6.45) is 0. The maximum absolute atomic E-state index is 6.60. The van der Waals surface area contributed by atoms with Crippen LogP contribution < -0.4 is 31.6 Å². The highest BCUT2D eigenvalue weighted by molar-refractivity contribution is 8.01. The molecule has 0 radical (unpaired) electrons. The standard InChI is InChI=1S/C31H29N3O2P/c1-5-13-25(14-6-1)32-31-33-29(30(36-31)34-21-23-35-24-22-34)37(26-15-7-2-8-16-26,27-17-9-3-10-18-27)28-19-11-4-12-20-28/h1-20H,21-24H2,(H,32,33)/q+1. The van der Waals surface area contributed by atoms with Gasteiger partial charge in [0.15, 0.2) is 7.26 Å². The van der Waals surface area contributed by atoms with Crippen LogP contribution in [-0.4, -0.2) is 31.3 Å². The molecule has 2 heterocycles. The summed E-state index contributed by atoms with van der Waals surface area (Å²) in [5.74, 6) is 0.812. The van der Waals surface area contributed by atoms with Crippen LogP contribution in [0.2, 0.25) is 0 Å². The van der Waals surface area contributed by atoms with E-state index in [4.69, 9.17) is 14.1 Å². The molecular weight excluding hydrogens is 477 g/mol. The van der Waals surface area contributed by atoms with Gasteiger partial charge in [0.05, 0.1) is 13.2 Å². The Morgan fingerprint density at radius 3 is 1.57 bits per heavy atom. The number of morpholine rings is 1. The van der Waals surface area contributed by atoms with Crippen molar-refractivity contribution in [3.63, 3.8) is 0 Å². The Balaban J connectivity index is 1.64. The predicted octanol–water partition coefficient (Wildman–Crippen LogP) is 4.87. The van der Waals surface area contributed by atoms with Crippen molar-refractivity contribution in [2.24, 2.45) is 0 Å². The third-order valence-corrected chi connectivity index (χ3v) is 10.8. The Morgan fingerprint density at radius 1 is 0.622 bits per heavy atom. The zero-order valence-corrected chi connectivity index (χ0v) is 21.4. The van der Waals surface area contributed by atoms with E-state index in [2.05, 4.69) is 101 Å². The summed E-state index contributed by atoms with van der Waals surface area (Å²) >= 11 is 0. The second kappa shape index (κ2) is 10.6. The van der Waals surface area contributed by atoms with Gasteiger partial charge in [0.25, 0.3) is 11.3 Å². The van der Waals surface area contributed by atoms with Gasteiger partial charge in [0, 0.05) is 18.8 Å². The van der Waals surface area contributed by atoms with Crippen molar-refractivity contribution in [2.75, 3.05) is 36.5 Å². The normalized spacial score (nSPS) is 13.9. The molecule has 1 aliphatic rings. The minimum atomic E-state index is -2.42. The van der Waals surface area contributed by atoms with Gasteiger partial charge in [-0.05, 0) is 48.5 Å². The lowest BCUT2D eigenvalue weighted by Crippen LogP contribution is -2.44. The molecule has 5 aromatic rings. The predicted molar refractivity (Wildman–Crippen MR) is 154 cm³/mol. The van der Waals surface area contributed by atoms with E-state index in [1.807, 2.05) is 30.3 Å². The van der Waals surface area contributed by atoms with Gasteiger partial charge in [-0.1, -0.05) is 72.8 Å². The fourth-order valence-corrected chi connectivity index (χ4v) is 9.16. The number of ether oxygens (including phenoxy) is 1. The van der Waals surface area contributed by atoms with Crippen molar-refractivity contribution in [3.8, 4) is 0 Å². The molecule has 184 valence electrons. The van der Waals surface area contributed by atoms with Gasteiger partial charge in [0.1, 0.15) is 15.9 Å². The summed E-state index contributed by atoms with van der Waals surface area (Å²) in [6.45, 7) is 2.83. The molecule has 5 nitrogen and oxygen atoms in total. The van der Waals surface area contributed by atoms with Crippen LogP contribution in [0.3, 0.4) is 0 Å². The highest BCUT2D eigenvalue weighted by Crippen LogP contribution is 2.56. The average molecular weight is 507 g/mol. The van der Waals surface area contributed by atoms with Gasteiger partial charge in [0.2, 0.25) is 0 Å². The van der Waals surface area contributed by atoms with Gasteiger partial charge >= 0.3 is 6.01 Å². The maximum Gasteiger partial charge on any atom is 0.304 e. The fourth-order valence-electron chi connectivity index (χ4n) is 4.96. The number of nitrogens with one attached hydrogen (secondary N) is 1. The van der Waals surface area contributed by atoms with E-state index in [-0.39, 0.29) is 0 Å². The van der Waals surface area contributed by atoms with Crippen LogP contribution in [0, 0.1) is 0 Å². The van der Waals surface area contributed by atoms with Crippen LogP contribution in [0.25, 0.3) is 0 Å². The van der Waals surface area contributed by atoms with Crippen LogP contribution in [-0.2, 0) is 4.74 Å². The van der Waals surface area contributed by atoms with Gasteiger partial charge in [-0.3, -0.25) is 0 Å². The second-order valence-electron chi connectivity index (χ2n) is 8.92. The van der Waals surface area contributed by atoms with E-state index in [1.54, 1.807) is 0 Å². The minimum Gasteiger partial charge on any atom is -0.402 e. The third kappa shape index (κ3) is 4.53. The topological polar surface area (TPSA) is 50.5 Å². The Labute approximate surface area is 218 Å². The van der Waals surface area contributed by atoms with Gasteiger partial charge in [-0.15, -0.1) is 0 Å². The van der Waals surface area contributed by atoms with Gasteiger partial charge < -0.3 is 19.4 Å². The SMILES string of the molecule is c1ccc(Nc2nc([P+](c3ccccc3)(c3ccccc3)c3ccccc3)c(N3CCOCC3)o2)cc1. The highest BCUT2D eigenvalue weighted by Gasteiger charge is 2.53. The number of benzene rings is 4. The molecule has 0 saturated carbocycles. The number of oxazole rings is 1. The first-order valence-electron chi connectivity index (χ1n) is 12.6. The van der Waals surface area contributed by atoms with Crippen LogP contribution in [0.1, 0.15) is 0 Å². The van der Waals surface area contributed by atoms with Crippen LogP contribution >= 0.6 is 7.26 Å². The largest absolute Gasteiger partial charge is 0.402 e. The van der Waals surface area contributed by atoms with E-state index in [9.17, 15) is 0 Å². The van der Waals surface area contributed by atoms with Gasteiger partial charge in [-0.2, -0.15) is 4.98 Å². The molecule has 1 N–H and O–H groups in total. The molecule has 1 saturated heterocycles. The first-order chi connectivity index (χ1) is 18.4. The van der Waals surface area contributed by atoms with Crippen LogP contribution in [0.15, 0.2) is 126 Å². The molecule has 0 bridgehead atoms. The van der Waals surface area contributed by atoms with Crippen molar-refractivity contribution in [1.82, 2.24) is 4.98 Å². The summed E-state index contributed by atoms with van der Waals surface area (Å²) in [4.78, 5) is 7.55. The Kier molecular flexibility index (Phi) is 6.72. The highest BCUT2D eigenvalue weighted by atomic mass is 31.2. The summed E-state index contributed by atoms with van der Waals surface area (Å²) in [5, 5.41) is 7.12. The van der Waals surface area contributed by atoms with E-state index in [1.165, 1.54) is 15.9 Å². The second-order valence-corrected chi connectivity index (χ2v) is 12.2. The van der Waals surface area contributed by atoms with Crippen molar-refractivity contribution in [2.45, 2.75) is 0 Å². The lowest BCUT2D eigenvalue weighted by atomic mass is 10.3. The minimum absolute atomic E-state index is 0.495. The Hall–Kier alpha value is -3.92. The third-order valence-electron chi connectivity index (χ3n) is 6.66. The van der Waals surface area contributed by atoms with Crippen molar-refractivity contribution >= 4 is 46.2 Å². The number of aromatic nitrogens is 1. The summed E-state index contributed by atoms with van der Waals surface area (Å²) in [6, 6.07) is 42.9. The molecule has 6 heteroatoms. The molecule has 1 aliphatic heterocycles. The molecule has 6 rings (SSSR count). The molecule has 1 fully saturated rings. The van der Waals surface area contributed by atoms with Crippen molar-refractivity contribution < 1.29 is 9.15 Å². The van der Waals surface area contributed by atoms with Crippen LogP contribution in [0.5, 0.6) is 0 Å². The number of rotatable bonds is 7. The maximum atomic E-state index is 6.60. The van der Waals surface area contributed by atoms with E-state index in [0.717, 1.165) is 30.1 Å². The number of para-hydroxylation sites is 1. The Morgan fingerprint density at radius 2 is 1.08 bits per heavy atom. The molecule has 0 spiro atoms. The molecule has 4 aromatic carbocycles. The molecular formula is C31H29N3O2P+. The first kappa shape index (κ1) is 23.5. The first-order valence-corrected chi connectivity index (χ1v) is 14.4. The van der Waals surface area contributed by atoms with Crippen molar-refractivity contribution in [1.29, 1.82) is 0 Å². The van der Waals surface area contributed by atoms with Crippen molar-refractivity contribution in [3.05, 3.63) is 121 Å². The number of nitrogens with zero attached hydrogens (tertiary/aromatic N) is 2. The van der Waals surface area contributed by atoms with E-state index < -0.39 is 7.26 Å². The molecule has 0 unspecified atom stereocenters. The monoisotopic (exact) mass is 506 g/mol. The van der Waals surface area contributed by atoms with Gasteiger partial charge in [-0.25, -0.2) is 0 Å². The molecule has 37 heavy (non-hydrogen) atoms. The molecule has 0 aliphatic carbocycles. The zero-order chi connectivity index (χ0) is 24.9. The number of hydrogen-bond acceptors (Lipinski definition) is 5. The molecule has 0 atom stereocenters. The summed E-state index contributed by atoms with van der Waals surface area (Å²) in [5.41, 5.74) is 1.91. The van der Waals surface area contributed by atoms with E-state index >= 15 is 0 Å². The fraction of sp³-hybridized carbons (Fsp3) is 0.129. The lowest BCUT2D eigenvalue weighted by Gasteiger charge is -2.30. The summed E-state index contributed by atoms with van der Waals surface area (Å²) in [7, 11) is -2.42.